The zero-order valence-electron chi connectivity index (χ0n) is 11.7. The van der Waals surface area contributed by atoms with Crippen LogP contribution < -0.4 is 10.1 Å². The van der Waals surface area contributed by atoms with Crippen molar-refractivity contribution in [1.29, 1.82) is 0 Å². The van der Waals surface area contributed by atoms with Crippen molar-refractivity contribution < 1.29 is 9.53 Å². The summed E-state index contributed by atoms with van der Waals surface area (Å²) in [6.07, 6.45) is 4.41. The molecule has 2 aliphatic rings. The van der Waals surface area contributed by atoms with Crippen LogP contribution in [0.4, 0.5) is 5.82 Å². The molecule has 1 aromatic heterocycles. The third kappa shape index (κ3) is 1.93. The number of amides is 1. The van der Waals surface area contributed by atoms with Crippen molar-refractivity contribution in [3.63, 3.8) is 0 Å². The van der Waals surface area contributed by atoms with Crippen LogP contribution in [0.2, 0.25) is 0 Å². The molecule has 0 bridgehead atoms. The molecule has 1 N–H and O–H groups in total. The lowest BCUT2D eigenvalue weighted by atomic mass is 9.85. The summed E-state index contributed by atoms with van der Waals surface area (Å²) in [6, 6.07) is 7.95. The molecule has 5 nitrogen and oxygen atoms in total. The molecule has 0 aliphatic carbocycles. The number of nitrogens with one attached hydrogen (secondary N) is 1. The maximum Gasteiger partial charge on any atom is 0.226 e. The van der Waals surface area contributed by atoms with Crippen LogP contribution in [-0.4, -0.2) is 22.3 Å². The highest BCUT2D eigenvalue weighted by atomic mass is 16.5. The predicted octanol–water partition coefficient (Wildman–Crippen LogP) is 2.32. The van der Waals surface area contributed by atoms with Gasteiger partial charge in [-0.1, -0.05) is 18.2 Å². The average molecular weight is 281 g/mol. The van der Waals surface area contributed by atoms with Gasteiger partial charge in [-0.25, -0.2) is 0 Å². The molecule has 0 saturated heterocycles. The highest BCUT2D eigenvalue weighted by Gasteiger charge is 2.31. The van der Waals surface area contributed by atoms with Crippen LogP contribution in [0.5, 0.6) is 5.75 Å². The zero-order chi connectivity index (χ0) is 14.4. The van der Waals surface area contributed by atoms with E-state index in [-0.39, 0.29) is 11.8 Å². The van der Waals surface area contributed by atoms with Crippen molar-refractivity contribution in [2.45, 2.75) is 12.3 Å². The first-order valence-electron chi connectivity index (χ1n) is 6.96. The Balaban J connectivity index is 1.78. The second-order valence-electron chi connectivity index (χ2n) is 5.42. The van der Waals surface area contributed by atoms with Crippen molar-refractivity contribution in [2.24, 2.45) is 7.05 Å². The zero-order valence-corrected chi connectivity index (χ0v) is 11.7. The van der Waals surface area contributed by atoms with Crippen LogP contribution >= 0.6 is 0 Å². The molecule has 1 aromatic carbocycles. The van der Waals surface area contributed by atoms with Crippen molar-refractivity contribution in [3.8, 4) is 5.75 Å². The van der Waals surface area contributed by atoms with Gasteiger partial charge in [0.2, 0.25) is 5.91 Å². The van der Waals surface area contributed by atoms with Crippen LogP contribution in [0.1, 0.15) is 23.5 Å². The fourth-order valence-corrected chi connectivity index (χ4v) is 3.01. The Morgan fingerprint density at radius 2 is 2.24 bits per heavy atom. The van der Waals surface area contributed by atoms with Gasteiger partial charge < -0.3 is 10.1 Å². The fraction of sp³-hybridized carbons (Fsp3) is 0.250. The molecule has 0 spiro atoms. The standard InChI is InChI=1S/C16H15N3O2/c1-19-16-13(8-17-19)12(7-15(20)18-16)11-6-10-4-2-3-5-14(10)21-9-11/h2-6,8,12H,7,9H2,1H3,(H,18,20)/t12-/m1/s1. The number of aromatic nitrogens is 2. The van der Waals surface area contributed by atoms with E-state index in [1.54, 1.807) is 4.68 Å². The number of ether oxygens (including phenoxy) is 1. The number of benzene rings is 1. The molecule has 3 heterocycles. The molecule has 2 aliphatic heterocycles. The summed E-state index contributed by atoms with van der Waals surface area (Å²) >= 11 is 0. The summed E-state index contributed by atoms with van der Waals surface area (Å²) in [7, 11) is 1.84. The van der Waals surface area contributed by atoms with E-state index in [2.05, 4.69) is 16.5 Å². The number of para-hydroxylation sites is 1. The van der Waals surface area contributed by atoms with Crippen molar-refractivity contribution in [2.75, 3.05) is 11.9 Å². The molecule has 4 rings (SSSR count). The molecule has 2 aromatic rings. The summed E-state index contributed by atoms with van der Waals surface area (Å²) in [5.74, 6) is 1.75. The largest absolute Gasteiger partial charge is 0.489 e. The quantitative estimate of drug-likeness (QED) is 0.872. The summed E-state index contributed by atoms with van der Waals surface area (Å²) in [5, 5.41) is 7.15. The highest BCUT2D eigenvalue weighted by Crippen LogP contribution is 2.40. The third-order valence-corrected chi connectivity index (χ3v) is 4.09. The van der Waals surface area contributed by atoms with Gasteiger partial charge >= 0.3 is 0 Å². The Kier molecular flexibility index (Phi) is 2.60. The van der Waals surface area contributed by atoms with Crippen LogP contribution in [0.15, 0.2) is 36.0 Å². The van der Waals surface area contributed by atoms with E-state index < -0.39 is 0 Å². The van der Waals surface area contributed by atoms with E-state index in [4.69, 9.17) is 4.74 Å². The molecule has 0 saturated carbocycles. The van der Waals surface area contributed by atoms with Crippen LogP contribution in [0.25, 0.3) is 6.08 Å². The highest BCUT2D eigenvalue weighted by molar-refractivity contribution is 5.94. The van der Waals surface area contributed by atoms with E-state index in [1.165, 1.54) is 0 Å². The number of hydrogen-bond donors (Lipinski definition) is 1. The second kappa shape index (κ2) is 4.48. The number of fused-ring (bicyclic) bond motifs is 2. The summed E-state index contributed by atoms with van der Waals surface area (Å²) < 4.78 is 7.53. The molecule has 0 unspecified atom stereocenters. The Hall–Kier alpha value is -2.56. The van der Waals surface area contributed by atoms with Gasteiger partial charge in [0.05, 0.1) is 6.20 Å². The van der Waals surface area contributed by atoms with E-state index in [9.17, 15) is 4.79 Å². The van der Waals surface area contributed by atoms with E-state index in [0.717, 1.165) is 28.3 Å². The molecular formula is C16H15N3O2. The lowest BCUT2D eigenvalue weighted by molar-refractivity contribution is -0.116. The Labute approximate surface area is 122 Å². The van der Waals surface area contributed by atoms with E-state index in [1.807, 2.05) is 37.5 Å². The predicted molar refractivity (Wildman–Crippen MR) is 79.1 cm³/mol. The van der Waals surface area contributed by atoms with Crippen LogP contribution in [-0.2, 0) is 11.8 Å². The van der Waals surface area contributed by atoms with Crippen LogP contribution in [0.3, 0.4) is 0 Å². The molecule has 5 heteroatoms. The van der Waals surface area contributed by atoms with Gasteiger partial charge in [-0.2, -0.15) is 5.10 Å². The number of rotatable bonds is 1. The van der Waals surface area contributed by atoms with Gasteiger partial charge in [0.25, 0.3) is 0 Å². The first kappa shape index (κ1) is 12.2. The summed E-state index contributed by atoms with van der Waals surface area (Å²) in [5.41, 5.74) is 3.25. The van der Waals surface area contributed by atoms with Crippen molar-refractivity contribution >= 4 is 17.8 Å². The normalized spacial score (nSPS) is 20.0. The SMILES string of the molecule is Cn1ncc2c1NC(=O)C[C@@H]2C1=Cc2ccccc2OC1. The summed E-state index contributed by atoms with van der Waals surface area (Å²) in [4.78, 5) is 12.0. The number of anilines is 1. The summed E-state index contributed by atoms with van der Waals surface area (Å²) in [6.45, 7) is 0.517. The molecule has 1 atom stereocenters. The number of hydrogen-bond acceptors (Lipinski definition) is 3. The maximum atomic E-state index is 12.0. The van der Waals surface area contributed by atoms with Crippen molar-refractivity contribution in [3.05, 3.63) is 47.2 Å². The average Bonchev–Trinajstić information content (AvgIpc) is 2.87. The molecule has 21 heavy (non-hydrogen) atoms. The topological polar surface area (TPSA) is 56.2 Å². The maximum absolute atomic E-state index is 12.0. The molecular weight excluding hydrogens is 266 g/mol. The minimum Gasteiger partial charge on any atom is -0.489 e. The second-order valence-corrected chi connectivity index (χ2v) is 5.42. The first-order valence-corrected chi connectivity index (χ1v) is 6.96. The molecule has 0 radical (unpaired) electrons. The minimum atomic E-state index is 0.0239. The third-order valence-electron chi connectivity index (χ3n) is 4.09. The van der Waals surface area contributed by atoms with Gasteiger partial charge in [0.1, 0.15) is 18.2 Å². The number of carbonyl (C=O) groups excluding carboxylic acids is 1. The molecule has 106 valence electrons. The smallest absolute Gasteiger partial charge is 0.226 e. The fourth-order valence-electron chi connectivity index (χ4n) is 3.01. The minimum absolute atomic E-state index is 0.0239. The molecule has 1 amide bonds. The molecule has 0 fully saturated rings. The van der Waals surface area contributed by atoms with Gasteiger partial charge in [0.15, 0.2) is 0 Å². The van der Waals surface area contributed by atoms with Gasteiger partial charge in [0, 0.05) is 30.5 Å². The Morgan fingerprint density at radius 3 is 3.14 bits per heavy atom. The Bertz CT molecular complexity index is 761. The van der Waals surface area contributed by atoms with Gasteiger partial charge in [-0.05, 0) is 17.7 Å². The van der Waals surface area contributed by atoms with E-state index >= 15 is 0 Å². The van der Waals surface area contributed by atoms with Gasteiger partial charge in [-0.15, -0.1) is 0 Å². The van der Waals surface area contributed by atoms with Gasteiger partial charge in [-0.3, -0.25) is 9.48 Å². The number of nitrogens with zero attached hydrogens (tertiary/aromatic N) is 2. The lowest BCUT2D eigenvalue weighted by Crippen LogP contribution is -2.26. The van der Waals surface area contributed by atoms with E-state index in [0.29, 0.717) is 13.0 Å². The van der Waals surface area contributed by atoms with Crippen molar-refractivity contribution in [1.82, 2.24) is 9.78 Å². The van der Waals surface area contributed by atoms with Crippen LogP contribution in [0, 0.1) is 0 Å². The Morgan fingerprint density at radius 1 is 1.38 bits per heavy atom. The monoisotopic (exact) mass is 281 g/mol. The number of carbonyl (C=O) groups is 1. The number of aryl methyl sites for hydroxylation is 1. The lowest BCUT2D eigenvalue weighted by Gasteiger charge is -2.27. The first-order chi connectivity index (χ1) is 10.2.